The van der Waals surface area contributed by atoms with Crippen molar-refractivity contribution in [3.05, 3.63) is 24.3 Å². The Balaban J connectivity index is 2.15. The average Bonchev–Trinajstić information content (AvgIpc) is 2.28. The molecule has 0 heterocycles. The topological polar surface area (TPSA) is 26.3 Å². The fourth-order valence-electron chi connectivity index (χ4n) is 3.45. The van der Waals surface area contributed by atoms with E-state index in [2.05, 4.69) is 38.2 Å². The summed E-state index contributed by atoms with van der Waals surface area (Å²) in [6.07, 6.45) is 13.3. The van der Waals surface area contributed by atoms with Crippen LogP contribution in [0, 0.1) is 17.3 Å². The van der Waals surface area contributed by atoms with Gasteiger partial charge in [-0.25, -0.2) is 0 Å². The van der Waals surface area contributed by atoms with E-state index in [-0.39, 0.29) is 17.5 Å². The molecule has 1 saturated carbocycles. The molecule has 1 fully saturated rings. The van der Waals surface area contributed by atoms with E-state index in [0.717, 1.165) is 19.3 Å². The van der Waals surface area contributed by atoms with Gasteiger partial charge in [-0.15, -0.1) is 0 Å². The van der Waals surface area contributed by atoms with E-state index in [1.165, 1.54) is 13.3 Å². The highest BCUT2D eigenvalue weighted by atomic mass is 16.5. The molecule has 2 nitrogen and oxygen atoms in total. The molecule has 18 heavy (non-hydrogen) atoms. The van der Waals surface area contributed by atoms with Crippen LogP contribution in [0.4, 0.5) is 0 Å². The van der Waals surface area contributed by atoms with Crippen LogP contribution in [0.2, 0.25) is 0 Å². The van der Waals surface area contributed by atoms with Gasteiger partial charge in [0.05, 0.1) is 0 Å². The van der Waals surface area contributed by atoms with Crippen LogP contribution in [0.15, 0.2) is 24.3 Å². The molecule has 4 unspecified atom stereocenters. The second kappa shape index (κ2) is 5.29. The standard InChI is InChI=1S/C16H24O2/c1-12-7-8-14(15(11-12)18-13(2)17)16(3)9-5-4-6-10-16/h4-6,9,12,14-15H,7-8,10-11H2,1-3H3. The van der Waals surface area contributed by atoms with Gasteiger partial charge in [-0.3, -0.25) is 4.79 Å². The summed E-state index contributed by atoms with van der Waals surface area (Å²) in [5.74, 6) is 0.981. The lowest BCUT2D eigenvalue weighted by Gasteiger charge is -2.44. The van der Waals surface area contributed by atoms with Gasteiger partial charge in [0.15, 0.2) is 0 Å². The second-order valence-corrected chi connectivity index (χ2v) is 6.17. The molecule has 0 radical (unpaired) electrons. The highest BCUT2D eigenvalue weighted by Gasteiger charge is 2.41. The van der Waals surface area contributed by atoms with Crippen molar-refractivity contribution in [3.8, 4) is 0 Å². The normalized spacial score (nSPS) is 39.6. The summed E-state index contributed by atoms with van der Waals surface area (Å²) in [6.45, 7) is 6.07. The minimum Gasteiger partial charge on any atom is -0.462 e. The monoisotopic (exact) mass is 248 g/mol. The smallest absolute Gasteiger partial charge is 0.302 e. The van der Waals surface area contributed by atoms with Gasteiger partial charge in [0, 0.05) is 12.8 Å². The second-order valence-electron chi connectivity index (χ2n) is 6.17. The van der Waals surface area contributed by atoms with Gasteiger partial charge >= 0.3 is 5.97 Å². The van der Waals surface area contributed by atoms with Crippen molar-refractivity contribution in [1.82, 2.24) is 0 Å². The Morgan fingerprint density at radius 3 is 2.72 bits per heavy atom. The lowest BCUT2D eigenvalue weighted by Crippen LogP contribution is -2.41. The Morgan fingerprint density at radius 2 is 2.11 bits per heavy atom. The van der Waals surface area contributed by atoms with Gasteiger partial charge in [0.2, 0.25) is 0 Å². The van der Waals surface area contributed by atoms with E-state index in [4.69, 9.17) is 4.74 Å². The van der Waals surface area contributed by atoms with Crippen molar-refractivity contribution in [2.24, 2.45) is 17.3 Å². The summed E-state index contributed by atoms with van der Waals surface area (Å²) >= 11 is 0. The fraction of sp³-hybridized carbons (Fsp3) is 0.688. The Morgan fingerprint density at radius 1 is 1.33 bits per heavy atom. The van der Waals surface area contributed by atoms with Crippen LogP contribution in [-0.2, 0) is 9.53 Å². The summed E-state index contributed by atoms with van der Waals surface area (Å²) in [4.78, 5) is 11.3. The summed E-state index contributed by atoms with van der Waals surface area (Å²) in [5, 5.41) is 0. The summed E-state index contributed by atoms with van der Waals surface area (Å²) in [5.41, 5.74) is 0.148. The van der Waals surface area contributed by atoms with E-state index >= 15 is 0 Å². The number of ether oxygens (including phenoxy) is 1. The minimum atomic E-state index is -0.141. The molecule has 4 atom stereocenters. The third kappa shape index (κ3) is 2.85. The van der Waals surface area contributed by atoms with Gasteiger partial charge in [0.1, 0.15) is 6.10 Å². The molecule has 0 N–H and O–H groups in total. The van der Waals surface area contributed by atoms with Crippen molar-refractivity contribution < 1.29 is 9.53 Å². The molecular formula is C16H24O2. The molecular weight excluding hydrogens is 224 g/mol. The highest BCUT2D eigenvalue weighted by molar-refractivity contribution is 5.66. The number of carbonyl (C=O) groups is 1. The molecule has 0 aromatic heterocycles. The Kier molecular flexibility index (Phi) is 3.94. The van der Waals surface area contributed by atoms with Crippen LogP contribution < -0.4 is 0 Å². The molecule has 0 amide bonds. The third-order valence-electron chi connectivity index (χ3n) is 4.50. The first kappa shape index (κ1) is 13.4. The zero-order valence-electron chi connectivity index (χ0n) is 11.7. The maximum Gasteiger partial charge on any atom is 0.302 e. The van der Waals surface area contributed by atoms with Gasteiger partial charge in [-0.2, -0.15) is 0 Å². The molecule has 0 aromatic carbocycles. The first-order valence-corrected chi connectivity index (χ1v) is 7.03. The summed E-state index contributed by atoms with van der Waals surface area (Å²) < 4.78 is 5.60. The van der Waals surface area contributed by atoms with Crippen LogP contribution in [-0.4, -0.2) is 12.1 Å². The van der Waals surface area contributed by atoms with Crippen LogP contribution in [0.25, 0.3) is 0 Å². The molecule has 0 aromatic rings. The summed E-state index contributed by atoms with van der Waals surface area (Å²) in [6, 6.07) is 0. The first-order valence-electron chi connectivity index (χ1n) is 7.03. The maximum atomic E-state index is 11.3. The van der Waals surface area contributed by atoms with Crippen molar-refractivity contribution in [1.29, 1.82) is 0 Å². The fourth-order valence-corrected chi connectivity index (χ4v) is 3.45. The van der Waals surface area contributed by atoms with Crippen LogP contribution in [0.1, 0.15) is 46.5 Å². The molecule has 0 spiro atoms. The third-order valence-corrected chi connectivity index (χ3v) is 4.50. The molecule has 0 saturated heterocycles. The lowest BCUT2D eigenvalue weighted by molar-refractivity contribution is -0.154. The van der Waals surface area contributed by atoms with Crippen molar-refractivity contribution in [2.75, 3.05) is 0 Å². The predicted molar refractivity (Wildman–Crippen MR) is 73.1 cm³/mol. The van der Waals surface area contributed by atoms with Crippen molar-refractivity contribution >= 4 is 5.97 Å². The van der Waals surface area contributed by atoms with E-state index in [1.807, 2.05) is 0 Å². The van der Waals surface area contributed by atoms with Crippen LogP contribution in [0.3, 0.4) is 0 Å². The van der Waals surface area contributed by atoms with E-state index in [1.54, 1.807) is 0 Å². The maximum absolute atomic E-state index is 11.3. The highest BCUT2D eigenvalue weighted by Crippen LogP contribution is 2.46. The van der Waals surface area contributed by atoms with E-state index in [0.29, 0.717) is 11.8 Å². The molecule has 0 aliphatic heterocycles. The predicted octanol–water partition coefficient (Wildman–Crippen LogP) is 3.88. The summed E-state index contributed by atoms with van der Waals surface area (Å²) in [7, 11) is 0. The Labute approximate surface area is 110 Å². The zero-order valence-corrected chi connectivity index (χ0v) is 11.7. The zero-order chi connectivity index (χ0) is 13.2. The molecule has 2 rings (SSSR count). The minimum absolute atomic E-state index is 0.0902. The van der Waals surface area contributed by atoms with Gasteiger partial charge in [0.25, 0.3) is 0 Å². The quantitative estimate of drug-likeness (QED) is 0.693. The van der Waals surface area contributed by atoms with Gasteiger partial charge in [-0.1, -0.05) is 44.6 Å². The van der Waals surface area contributed by atoms with Gasteiger partial charge < -0.3 is 4.74 Å². The molecule has 2 aliphatic carbocycles. The Bertz CT molecular complexity index is 369. The van der Waals surface area contributed by atoms with Crippen molar-refractivity contribution in [2.45, 2.75) is 52.6 Å². The molecule has 0 bridgehead atoms. The van der Waals surface area contributed by atoms with Crippen molar-refractivity contribution in [3.63, 3.8) is 0 Å². The van der Waals surface area contributed by atoms with Crippen LogP contribution in [0.5, 0.6) is 0 Å². The van der Waals surface area contributed by atoms with Crippen LogP contribution >= 0.6 is 0 Å². The number of hydrogen-bond acceptors (Lipinski definition) is 2. The number of hydrogen-bond donors (Lipinski definition) is 0. The molecule has 100 valence electrons. The number of rotatable bonds is 2. The van der Waals surface area contributed by atoms with E-state index in [9.17, 15) is 4.79 Å². The Hall–Kier alpha value is -1.05. The van der Waals surface area contributed by atoms with Gasteiger partial charge in [-0.05, 0) is 30.6 Å². The molecule has 2 heteroatoms. The number of carbonyl (C=O) groups excluding carboxylic acids is 1. The lowest BCUT2D eigenvalue weighted by atomic mass is 9.64. The molecule has 2 aliphatic rings. The first-order chi connectivity index (χ1) is 8.51. The largest absolute Gasteiger partial charge is 0.462 e. The SMILES string of the molecule is CC(=O)OC1CC(C)CCC1C1(C)C=CC=CC1. The van der Waals surface area contributed by atoms with E-state index < -0.39 is 0 Å². The number of esters is 1. The number of allylic oxidation sites excluding steroid dienone is 4. The average molecular weight is 248 g/mol.